The third-order valence-corrected chi connectivity index (χ3v) is 4.79. The minimum Gasteiger partial charge on any atom is -0.350 e. The van der Waals surface area contributed by atoms with Gasteiger partial charge in [-0.1, -0.05) is 17.3 Å². The zero-order valence-corrected chi connectivity index (χ0v) is 14.8. The number of rotatable bonds is 4. The van der Waals surface area contributed by atoms with Crippen molar-refractivity contribution in [3.05, 3.63) is 52.9 Å². The molecule has 1 atom stereocenters. The van der Waals surface area contributed by atoms with Crippen LogP contribution in [0.25, 0.3) is 11.7 Å². The Bertz CT molecular complexity index is 937. The molecule has 0 spiro atoms. The van der Waals surface area contributed by atoms with Gasteiger partial charge in [-0.2, -0.15) is 16.7 Å². The molecule has 0 saturated carbocycles. The van der Waals surface area contributed by atoms with Gasteiger partial charge in [0, 0.05) is 18.2 Å². The lowest BCUT2D eigenvalue weighted by Gasteiger charge is -2.14. The summed E-state index contributed by atoms with van der Waals surface area (Å²) >= 11 is 1.59. The van der Waals surface area contributed by atoms with E-state index in [2.05, 4.69) is 25.4 Å². The normalized spacial score (nSPS) is 16.8. The number of halogens is 1. The Kier molecular flexibility index (Phi) is 4.46. The molecule has 2 aromatic heterocycles. The fourth-order valence-corrected chi connectivity index (χ4v) is 3.35. The predicted octanol–water partition coefficient (Wildman–Crippen LogP) is 2.53. The lowest BCUT2D eigenvalue weighted by atomic mass is 9.94. The van der Waals surface area contributed by atoms with Gasteiger partial charge in [0.1, 0.15) is 11.5 Å². The second-order valence-electron chi connectivity index (χ2n) is 6.02. The highest BCUT2D eigenvalue weighted by Gasteiger charge is 2.27. The van der Waals surface area contributed by atoms with Crippen molar-refractivity contribution < 1.29 is 13.7 Å². The summed E-state index contributed by atoms with van der Waals surface area (Å²) < 4.78 is 18.4. The molecule has 1 aliphatic heterocycles. The molecule has 3 heterocycles. The topological polar surface area (TPSA) is 96.7 Å². The van der Waals surface area contributed by atoms with Crippen LogP contribution in [-0.4, -0.2) is 38.8 Å². The molecule has 0 fully saturated rings. The zero-order valence-electron chi connectivity index (χ0n) is 14.0. The second kappa shape index (κ2) is 6.91. The number of H-pyrrole nitrogens is 1. The van der Waals surface area contributed by atoms with Crippen LogP contribution >= 0.6 is 11.8 Å². The van der Waals surface area contributed by atoms with Crippen LogP contribution in [0.1, 0.15) is 33.5 Å². The molecule has 26 heavy (non-hydrogen) atoms. The van der Waals surface area contributed by atoms with E-state index in [9.17, 15) is 9.18 Å². The summed E-state index contributed by atoms with van der Waals surface area (Å²) in [4.78, 5) is 24.1. The highest BCUT2D eigenvalue weighted by atomic mass is 32.2. The van der Waals surface area contributed by atoms with Gasteiger partial charge in [0.05, 0.1) is 5.75 Å². The average Bonchev–Trinajstić information content (AvgIpc) is 3.23. The first-order chi connectivity index (χ1) is 12.6. The lowest BCUT2D eigenvalue weighted by Crippen LogP contribution is -2.26. The number of hydrogen-bond donors (Lipinski definition) is 2. The Morgan fingerprint density at radius 3 is 2.88 bits per heavy atom. The number of carbonyl (C=O) groups is 1. The molecule has 1 aromatic carbocycles. The van der Waals surface area contributed by atoms with Gasteiger partial charge in [0.25, 0.3) is 11.8 Å². The Labute approximate surface area is 152 Å². The number of nitrogens with zero attached hydrogens (tertiary/aromatic N) is 3. The van der Waals surface area contributed by atoms with Crippen LogP contribution in [0.3, 0.4) is 0 Å². The standard InChI is InChI=1S/C17H16FN5O2S/c1-26-8-13-21-17(25-23-13)15-20-12-6-10(7-19-16(24)14(12)22-15)9-2-4-11(18)5-3-9/h2-5,10H,6-8H2,1H3,(H,19,24)(H,20,22)/t10-/m1/s1. The first-order valence-electron chi connectivity index (χ1n) is 8.08. The first-order valence-corrected chi connectivity index (χ1v) is 9.48. The van der Waals surface area contributed by atoms with Crippen LogP contribution in [-0.2, 0) is 12.2 Å². The molecule has 1 aliphatic rings. The molecule has 0 radical (unpaired) electrons. The summed E-state index contributed by atoms with van der Waals surface area (Å²) in [6.45, 7) is 0.461. The van der Waals surface area contributed by atoms with E-state index in [0.29, 0.717) is 41.8 Å². The maximum absolute atomic E-state index is 13.2. The van der Waals surface area contributed by atoms with Gasteiger partial charge in [0.2, 0.25) is 0 Å². The van der Waals surface area contributed by atoms with Crippen LogP contribution < -0.4 is 5.32 Å². The molecule has 4 rings (SSSR count). The van der Waals surface area contributed by atoms with Gasteiger partial charge >= 0.3 is 0 Å². The third kappa shape index (κ3) is 3.22. The van der Waals surface area contributed by atoms with Crippen molar-refractivity contribution in [2.24, 2.45) is 0 Å². The minimum absolute atomic E-state index is 0.0174. The monoisotopic (exact) mass is 373 g/mol. The number of benzene rings is 1. The number of fused-ring (bicyclic) bond motifs is 1. The Balaban J connectivity index is 1.64. The van der Waals surface area contributed by atoms with Crippen molar-refractivity contribution in [1.29, 1.82) is 0 Å². The summed E-state index contributed by atoms with van der Waals surface area (Å²) in [6.07, 6.45) is 2.52. The van der Waals surface area contributed by atoms with Gasteiger partial charge in [-0.05, 0) is 30.4 Å². The quantitative estimate of drug-likeness (QED) is 0.729. The number of aromatic nitrogens is 4. The smallest absolute Gasteiger partial charge is 0.293 e. The number of thioether (sulfide) groups is 1. The van der Waals surface area contributed by atoms with Crippen molar-refractivity contribution in [3.8, 4) is 11.7 Å². The lowest BCUT2D eigenvalue weighted by molar-refractivity contribution is 0.0950. The summed E-state index contributed by atoms with van der Waals surface area (Å²) in [5.74, 6) is 1.33. The fourth-order valence-electron chi connectivity index (χ4n) is 2.97. The number of nitrogens with one attached hydrogen (secondary N) is 2. The molecule has 134 valence electrons. The largest absolute Gasteiger partial charge is 0.350 e. The van der Waals surface area contributed by atoms with Gasteiger partial charge in [-0.3, -0.25) is 4.79 Å². The van der Waals surface area contributed by atoms with Crippen molar-refractivity contribution in [2.75, 3.05) is 12.8 Å². The van der Waals surface area contributed by atoms with Gasteiger partial charge in [-0.25, -0.2) is 9.37 Å². The van der Waals surface area contributed by atoms with Crippen LogP contribution in [0.15, 0.2) is 28.8 Å². The maximum Gasteiger partial charge on any atom is 0.293 e. The molecule has 0 unspecified atom stereocenters. The van der Waals surface area contributed by atoms with Crippen molar-refractivity contribution in [3.63, 3.8) is 0 Å². The van der Waals surface area contributed by atoms with Crippen molar-refractivity contribution in [1.82, 2.24) is 25.4 Å². The molecule has 3 aromatic rings. The van der Waals surface area contributed by atoms with E-state index in [4.69, 9.17) is 4.52 Å². The molecular weight excluding hydrogens is 357 g/mol. The maximum atomic E-state index is 13.2. The van der Waals surface area contributed by atoms with Gasteiger partial charge in [-0.15, -0.1) is 0 Å². The average molecular weight is 373 g/mol. The number of aromatic amines is 1. The highest BCUT2D eigenvalue weighted by molar-refractivity contribution is 7.97. The number of hydrogen-bond acceptors (Lipinski definition) is 6. The van der Waals surface area contributed by atoms with Crippen LogP contribution in [0, 0.1) is 5.82 Å². The van der Waals surface area contributed by atoms with Crippen molar-refractivity contribution in [2.45, 2.75) is 18.1 Å². The predicted molar refractivity (Wildman–Crippen MR) is 94.3 cm³/mol. The Hall–Kier alpha value is -2.68. The summed E-state index contributed by atoms with van der Waals surface area (Å²) in [5, 5.41) is 6.76. The van der Waals surface area contributed by atoms with E-state index < -0.39 is 0 Å². The second-order valence-corrected chi connectivity index (χ2v) is 6.89. The molecule has 0 bridgehead atoms. The fraction of sp³-hybridized carbons (Fsp3) is 0.294. The molecule has 0 aliphatic carbocycles. The molecular formula is C17H16FN5O2S. The summed E-state index contributed by atoms with van der Waals surface area (Å²) in [5.41, 5.74) is 1.99. The van der Waals surface area contributed by atoms with E-state index in [0.717, 1.165) is 5.56 Å². The van der Waals surface area contributed by atoms with E-state index in [1.54, 1.807) is 23.9 Å². The minimum atomic E-state index is -0.284. The Morgan fingerprint density at radius 1 is 1.31 bits per heavy atom. The Morgan fingerprint density at radius 2 is 2.12 bits per heavy atom. The summed E-state index contributed by atoms with van der Waals surface area (Å²) in [6, 6.07) is 6.32. The van der Waals surface area contributed by atoms with Crippen LogP contribution in [0.5, 0.6) is 0 Å². The van der Waals surface area contributed by atoms with Crippen LogP contribution in [0.2, 0.25) is 0 Å². The molecule has 1 amide bonds. The molecule has 7 nitrogen and oxygen atoms in total. The SMILES string of the molecule is CSCc1noc(-c2nc3c([nH]2)C[C@@H](c2ccc(F)cc2)CNC3=O)n1. The van der Waals surface area contributed by atoms with Gasteiger partial charge < -0.3 is 14.8 Å². The van der Waals surface area contributed by atoms with E-state index in [1.807, 2.05) is 6.26 Å². The highest BCUT2D eigenvalue weighted by Crippen LogP contribution is 2.26. The number of imidazole rings is 1. The van der Waals surface area contributed by atoms with E-state index in [1.165, 1.54) is 12.1 Å². The molecule has 2 N–H and O–H groups in total. The first kappa shape index (κ1) is 16.8. The van der Waals surface area contributed by atoms with Gasteiger partial charge in [0.15, 0.2) is 11.6 Å². The number of carbonyl (C=O) groups excluding carboxylic acids is 1. The molecule has 9 heteroatoms. The summed E-state index contributed by atoms with van der Waals surface area (Å²) in [7, 11) is 0. The van der Waals surface area contributed by atoms with Crippen molar-refractivity contribution >= 4 is 17.7 Å². The molecule has 0 saturated heterocycles. The number of amides is 1. The van der Waals surface area contributed by atoms with E-state index in [-0.39, 0.29) is 23.5 Å². The van der Waals surface area contributed by atoms with Crippen LogP contribution in [0.4, 0.5) is 4.39 Å². The van der Waals surface area contributed by atoms with E-state index >= 15 is 0 Å². The third-order valence-electron chi connectivity index (χ3n) is 4.24. The zero-order chi connectivity index (χ0) is 18.1.